The van der Waals surface area contributed by atoms with Crippen LogP contribution in [0.5, 0.6) is 0 Å². The second-order valence-electron chi connectivity index (χ2n) is 6.86. The maximum atomic E-state index is 13.2. The molecule has 0 aliphatic carbocycles. The van der Waals surface area contributed by atoms with Crippen LogP contribution in [0.1, 0.15) is 24.2 Å². The first-order valence-corrected chi connectivity index (χ1v) is 10.7. The third kappa shape index (κ3) is 4.11. The summed E-state index contributed by atoms with van der Waals surface area (Å²) in [5, 5.41) is 0.397. The van der Waals surface area contributed by atoms with Crippen LogP contribution in [0.15, 0.2) is 74.5 Å². The van der Waals surface area contributed by atoms with Gasteiger partial charge >= 0.3 is 0 Å². The molecule has 0 unspecified atom stereocenters. The van der Waals surface area contributed by atoms with Crippen molar-refractivity contribution in [2.45, 2.75) is 13.8 Å². The highest BCUT2D eigenvalue weighted by Gasteiger charge is 2.18. The molecule has 4 rings (SSSR count). The molecule has 1 N–H and O–H groups in total. The summed E-state index contributed by atoms with van der Waals surface area (Å²) < 4.78 is 7.23. The van der Waals surface area contributed by atoms with Crippen molar-refractivity contribution in [2.24, 2.45) is 0 Å². The number of aromatic nitrogens is 2. The zero-order valence-electron chi connectivity index (χ0n) is 17.1. The zero-order chi connectivity index (χ0) is 22.0. The topological polar surface area (TPSA) is 80.4 Å². The highest BCUT2D eigenvalue weighted by molar-refractivity contribution is 9.10. The Kier molecular flexibility index (Phi) is 5.90. The van der Waals surface area contributed by atoms with E-state index in [9.17, 15) is 9.59 Å². The first-order chi connectivity index (χ1) is 15.0. The standard InChI is InChI=1S/C23H21BrN4O3/c1-3-27(4-2)16-11-9-15(10-12-16)22(29)26-28-21(19-13-14-20(24)31-19)25-18-8-6-5-7-17(18)23(28)30/h5-14H,3-4H2,1-2H3,(H,26,29). The molecule has 0 bridgehead atoms. The van der Waals surface area contributed by atoms with Gasteiger partial charge in [0, 0.05) is 24.3 Å². The molecule has 2 heterocycles. The number of carbonyl (C=O) groups is 1. The number of nitrogens with zero attached hydrogens (tertiary/aromatic N) is 3. The van der Waals surface area contributed by atoms with Gasteiger partial charge < -0.3 is 9.32 Å². The molecule has 8 heteroatoms. The number of amides is 1. The van der Waals surface area contributed by atoms with E-state index in [1.807, 2.05) is 12.1 Å². The quantitative estimate of drug-likeness (QED) is 0.434. The van der Waals surface area contributed by atoms with Crippen LogP contribution < -0.4 is 15.9 Å². The molecule has 0 radical (unpaired) electrons. The minimum Gasteiger partial charge on any atom is -0.446 e. The van der Waals surface area contributed by atoms with Crippen LogP contribution in [0, 0.1) is 0 Å². The Morgan fingerprint density at radius 1 is 1.06 bits per heavy atom. The molecule has 0 atom stereocenters. The summed E-state index contributed by atoms with van der Waals surface area (Å²) in [7, 11) is 0. The van der Waals surface area contributed by atoms with Gasteiger partial charge in [0.1, 0.15) is 0 Å². The lowest BCUT2D eigenvalue weighted by Gasteiger charge is -2.21. The second-order valence-corrected chi connectivity index (χ2v) is 7.64. The number of furan rings is 1. The van der Waals surface area contributed by atoms with Crippen LogP contribution in [0.2, 0.25) is 0 Å². The lowest BCUT2D eigenvalue weighted by atomic mass is 10.2. The van der Waals surface area contributed by atoms with E-state index in [1.165, 1.54) is 0 Å². The van der Waals surface area contributed by atoms with E-state index in [4.69, 9.17) is 4.42 Å². The van der Waals surface area contributed by atoms with Gasteiger partial charge in [0.25, 0.3) is 11.5 Å². The number of rotatable bonds is 6. The van der Waals surface area contributed by atoms with Crippen molar-refractivity contribution in [3.05, 3.63) is 81.3 Å². The predicted octanol–water partition coefficient (Wildman–Crippen LogP) is 4.65. The molecule has 0 saturated heterocycles. The summed E-state index contributed by atoms with van der Waals surface area (Å²) in [5.74, 6) is 0.145. The summed E-state index contributed by atoms with van der Waals surface area (Å²) in [6.07, 6.45) is 0. The van der Waals surface area contributed by atoms with Gasteiger partial charge in [-0.05, 0) is 78.3 Å². The first kappa shape index (κ1) is 20.9. The monoisotopic (exact) mass is 480 g/mol. The van der Waals surface area contributed by atoms with Gasteiger partial charge in [-0.2, -0.15) is 4.68 Å². The maximum absolute atomic E-state index is 13.2. The largest absolute Gasteiger partial charge is 0.446 e. The summed E-state index contributed by atoms with van der Waals surface area (Å²) in [4.78, 5) is 32.9. The molecule has 0 saturated carbocycles. The molecular formula is C23H21BrN4O3. The second kappa shape index (κ2) is 8.77. The lowest BCUT2D eigenvalue weighted by molar-refractivity contribution is 0.101. The molecular weight excluding hydrogens is 460 g/mol. The Bertz CT molecular complexity index is 1290. The molecule has 1 amide bonds. The van der Waals surface area contributed by atoms with Gasteiger partial charge in [-0.1, -0.05) is 12.1 Å². The van der Waals surface area contributed by atoms with Crippen molar-refractivity contribution in [3.63, 3.8) is 0 Å². The Labute approximate surface area is 187 Å². The van der Waals surface area contributed by atoms with Crippen LogP contribution in [0.4, 0.5) is 5.69 Å². The predicted molar refractivity (Wildman–Crippen MR) is 125 cm³/mol. The van der Waals surface area contributed by atoms with Gasteiger partial charge in [0.05, 0.1) is 10.9 Å². The SMILES string of the molecule is CCN(CC)c1ccc(C(=O)Nn2c(-c3ccc(Br)o3)nc3ccccc3c2=O)cc1. The fourth-order valence-corrected chi connectivity index (χ4v) is 3.72. The number of halogens is 1. The number of hydrogen-bond acceptors (Lipinski definition) is 5. The molecule has 0 fully saturated rings. The minimum absolute atomic E-state index is 0.211. The normalized spacial score (nSPS) is 10.9. The van der Waals surface area contributed by atoms with Crippen LogP contribution in [-0.2, 0) is 0 Å². The third-order valence-electron chi connectivity index (χ3n) is 5.04. The Morgan fingerprint density at radius 3 is 2.42 bits per heavy atom. The average molecular weight is 481 g/mol. The van der Waals surface area contributed by atoms with Crippen molar-refractivity contribution < 1.29 is 9.21 Å². The maximum Gasteiger partial charge on any atom is 0.280 e. The Morgan fingerprint density at radius 2 is 1.77 bits per heavy atom. The molecule has 2 aromatic heterocycles. The van der Waals surface area contributed by atoms with E-state index in [2.05, 4.69) is 45.1 Å². The number of fused-ring (bicyclic) bond motifs is 1. The van der Waals surface area contributed by atoms with Crippen LogP contribution in [-0.4, -0.2) is 28.7 Å². The summed E-state index contributed by atoms with van der Waals surface area (Å²) in [6, 6.07) is 17.6. The number of para-hydroxylation sites is 1. The number of carbonyl (C=O) groups excluding carboxylic acids is 1. The van der Waals surface area contributed by atoms with Crippen molar-refractivity contribution in [1.82, 2.24) is 9.66 Å². The van der Waals surface area contributed by atoms with Gasteiger partial charge in [-0.25, -0.2) is 4.98 Å². The molecule has 0 spiro atoms. The van der Waals surface area contributed by atoms with E-state index in [-0.39, 0.29) is 11.4 Å². The van der Waals surface area contributed by atoms with Gasteiger partial charge in [0.15, 0.2) is 16.3 Å². The molecule has 0 aliphatic rings. The van der Waals surface area contributed by atoms with Crippen molar-refractivity contribution in [2.75, 3.05) is 23.4 Å². The summed E-state index contributed by atoms with van der Waals surface area (Å²) in [6.45, 7) is 5.92. The van der Waals surface area contributed by atoms with Gasteiger partial charge in [-0.15, -0.1) is 0 Å². The molecule has 31 heavy (non-hydrogen) atoms. The van der Waals surface area contributed by atoms with Crippen LogP contribution in [0.25, 0.3) is 22.5 Å². The fraction of sp³-hybridized carbons (Fsp3) is 0.174. The van der Waals surface area contributed by atoms with Crippen molar-refractivity contribution in [1.29, 1.82) is 0 Å². The summed E-state index contributed by atoms with van der Waals surface area (Å²) >= 11 is 3.27. The van der Waals surface area contributed by atoms with Crippen LogP contribution >= 0.6 is 15.9 Å². The molecule has 2 aromatic carbocycles. The highest BCUT2D eigenvalue weighted by Crippen LogP contribution is 2.24. The molecule has 7 nitrogen and oxygen atoms in total. The average Bonchev–Trinajstić information content (AvgIpc) is 3.23. The van der Waals surface area contributed by atoms with E-state index in [0.717, 1.165) is 23.5 Å². The Hall–Kier alpha value is -3.39. The molecule has 0 aliphatic heterocycles. The number of anilines is 1. The molecule has 158 valence electrons. The van der Waals surface area contributed by atoms with Crippen molar-refractivity contribution >= 4 is 38.4 Å². The minimum atomic E-state index is -0.419. The smallest absolute Gasteiger partial charge is 0.280 e. The molecule has 4 aromatic rings. The van der Waals surface area contributed by atoms with Gasteiger partial charge in [-0.3, -0.25) is 15.0 Å². The fourth-order valence-electron chi connectivity index (χ4n) is 3.41. The zero-order valence-corrected chi connectivity index (χ0v) is 18.7. The van der Waals surface area contributed by atoms with E-state index in [0.29, 0.717) is 26.9 Å². The number of hydrogen-bond donors (Lipinski definition) is 1. The first-order valence-electron chi connectivity index (χ1n) is 9.95. The highest BCUT2D eigenvalue weighted by atomic mass is 79.9. The van der Waals surface area contributed by atoms with E-state index >= 15 is 0 Å². The Balaban J connectivity index is 1.74. The summed E-state index contributed by atoms with van der Waals surface area (Å²) in [5.41, 5.74) is 4.28. The van der Waals surface area contributed by atoms with Gasteiger partial charge in [0.2, 0.25) is 0 Å². The van der Waals surface area contributed by atoms with Crippen LogP contribution in [0.3, 0.4) is 0 Å². The van der Waals surface area contributed by atoms with E-state index in [1.54, 1.807) is 48.5 Å². The number of benzene rings is 2. The number of nitrogens with one attached hydrogen (secondary N) is 1. The lowest BCUT2D eigenvalue weighted by Crippen LogP contribution is -2.35. The third-order valence-corrected chi connectivity index (χ3v) is 5.47. The van der Waals surface area contributed by atoms with E-state index < -0.39 is 5.91 Å². The van der Waals surface area contributed by atoms with Crippen molar-refractivity contribution in [3.8, 4) is 11.6 Å².